The highest BCUT2D eigenvalue weighted by atomic mass is 127. The minimum Gasteiger partial charge on any atom is -0.308 e. The number of hydrogen-bond acceptors (Lipinski definition) is 4. The third kappa shape index (κ3) is 3.65. The monoisotopic (exact) mass is 407 g/mol. The van der Waals surface area contributed by atoms with Gasteiger partial charge in [-0.15, -0.1) is 10.2 Å². The molecule has 3 nitrogen and oxygen atoms in total. The minimum absolute atomic E-state index is 0.285. The molecule has 0 amide bonds. The summed E-state index contributed by atoms with van der Waals surface area (Å²) in [6, 6.07) is 6.12. The standard InChI is InChI=1S/C13H15ClIN3S/c1-3-11(16-4-2)13-18-17-12(19-13)9-7-8(14)5-6-10(9)15/h5-7,11,16H,3-4H2,1-2H3. The summed E-state index contributed by atoms with van der Waals surface area (Å²) in [6.07, 6.45) is 1.01. The molecule has 0 spiro atoms. The summed E-state index contributed by atoms with van der Waals surface area (Å²) in [4.78, 5) is 0. The fraction of sp³-hybridized carbons (Fsp3) is 0.385. The van der Waals surface area contributed by atoms with Gasteiger partial charge < -0.3 is 5.32 Å². The molecule has 2 rings (SSSR count). The van der Waals surface area contributed by atoms with Crippen molar-refractivity contribution in [3.63, 3.8) is 0 Å². The molecule has 0 radical (unpaired) electrons. The lowest BCUT2D eigenvalue weighted by Gasteiger charge is -2.11. The van der Waals surface area contributed by atoms with Gasteiger partial charge in [-0.3, -0.25) is 0 Å². The van der Waals surface area contributed by atoms with Crippen LogP contribution in [0.5, 0.6) is 0 Å². The van der Waals surface area contributed by atoms with Gasteiger partial charge in [0.1, 0.15) is 10.0 Å². The van der Waals surface area contributed by atoms with Gasteiger partial charge in [-0.05, 0) is 53.8 Å². The van der Waals surface area contributed by atoms with Gasteiger partial charge in [0.05, 0.1) is 6.04 Å². The van der Waals surface area contributed by atoms with Crippen LogP contribution in [0, 0.1) is 3.57 Å². The Morgan fingerprint density at radius 3 is 2.84 bits per heavy atom. The predicted octanol–water partition coefficient (Wildman–Crippen LogP) is 4.52. The maximum absolute atomic E-state index is 6.05. The lowest BCUT2D eigenvalue weighted by atomic mass is 10.2. The van der Waals surface area contributed by atoms with Crippen molar-refractivity contribution in [2.45, 2.75) is 26.3 Å². The van der Waals surface area contributed by atoms with Crippen molar-refractivity contribution in [2.75, 3.05) is 6.54 Å². The van der Waals surface area contributed by atoms with E-state index < -0.39 is 0 Å². The third-order valence-corrected chi connectivity index (χ3v) is 5.00. The van der Waals surface area contributed by atoms with Gasteiger partial charge in [0.2, 0.25) is 0 Å². The smallest absolute Gasteiger partial charge is 0.148 e. The highest BCUT2D eigenvalue weighted by molar-refractivity contribution is 14.1. The topological polar surface area (TPSA) is 37.8 Å². The van der Waals surface area contributed by atoms with E-state index in [4.69, 9.17) is 11.6 Å². The Balaban J connectivity index is 2.32. The molecule has 0 saturated carbocycles. The summed E-state index contributed by atoms with van der Waals surface area (Å²) >= 11 is 9.98. The summed E-state index contributed by atoms with van der Waals surface area (Å²) in [5.41, 5.74) is 1.06. The van der Waals surface area contributed by atoms with Crippen molar-refractivity contribution in [1.29, 1.82) is 0 Å². The molecule has 1 N–H and O–H groups in total. The molecule has 1 heterocycles. The van der Waals surface area contributed by atoms with Crippen LogP contribution in [-0.2, 0) is 0 Å². The zero-order chi connectivity index (χ0) is 13.8. The molecule has 0 bridgehead atoms. The molecule has 0 fully saturated rings. The Hall–Kier alpha value is -0.240. The van der Waals surface area contributed by atoms with Crippen LogP contribution in [0.25, 0.3) is 10.6 Å². The molecule has 1 aromatic carbocycles. The van der Waals surface area contributed by atoms with Crippen LogP contribution < -0.4 is 5.32 Å². The largest absolute Gasteiger partial charge is 0.308 e. The highest BCUT2D eigenvalue weighted by Gasteiger charge is 2.16. The molecule has 19 heavy (non-hydrogen) atoms. The maximum atomic E-state index is 6.05. The molecule has 0 aliphatic carbocycles. The fourth-order valence-corrected chi connectivity index (χ4v) is 3.78. The Kier molecular flexibility index (Phi) is 5.56. The molecule has 1 atom stereocenters. The molecule has 6 heteroatoms. The molecular formula is C13H15ClIN3S. The first-order valence-corrected chi connectivity index (χ1v) is 8.45. The molecule has 0 aliphatic rings. The molecule has 1 unspecified atom stereocenters. The number of aromatic nitrogens is 2. The summed E-state index contributed by atoms with van der Waals surface area (Å²) in [5.74, 6) is 0. The van der Waals surface area contributed by atoms with Crippen molar-refractivity contribution in [2.24, 2.45) is 0 Å². The van der Waals surface area contributed by atoms with E-state index in [9.17, 15) is 0 Å². The maximum Gasteiger partial charge on any atom is 0.148 e. The quantitative estimate of drug-likeness (QED) is 0.740. The Morgan fingerprint density at radius 2 is 2.16 bits per heavy atom. The SMILES string of the molecule is CCNC(CC)c1nnc(-c2cc(Cl)ccc2I)s1. The Labute approximate surface area is 135 Å². The van der Waals surface area contributed by atoms with Crippen molar-refractivity contribution in [1.82, 2.24) is 15.5 Å². The van der Waals surface area contributed by atoms with E-state index in [0.717, 1.165) is 37.1 Å². The second-order valence-corrected chi connectivity index (χ2v) is 6.70. The highest BCUT2D eigenvalue weighted by Crippen LogP contribution is 2.32. The first-order chi connectivity index (χ1) is 9.15. The average Bonchev–Trinajstić information content (AvgIpc) is 2.88. The van der Waals surface area contributed by atoms with E-state index in [1.807, 2.05) is 18.2 Å². The van der Waals surface area contributed by atoms with E-state index >= 15 is 0 Å². The van der Waals surface area contributed by atoms with Crippen LogP contribution in [0.3, 0.4) is 0 Å². The van der Waals surface area contributed by atoms with Crippen LogP contribution in [0.2, 0.25) is 5.02 Å². The van der Waals surface area contributed by atoms with Gasteiger partial charge in [0.25, 0.3) is 0 Å². The average molecular weight is 408 g/mol. The minimum atomic E-state index is 0.285. The van der Waals surface area contributed by atoms with Crippen molar-refractivity contribution < 1.29 is 0 Å². The van der Waals surface area contributed by atoms with Crippen LogP contribution in [0.15, 0.2) is 18.2 Å². The van der Waals surface area contributed by atoms with Gasteiger partial charge in [0.15, 0.2) is 0 Å². The van der Waals surface area contributed by atoms with Gasteiger partial charge in [-0.2, -0.15) is 0 Å². The Morgan fingerprint density at radius 1 is 1.37 bits per heavy atom. The third-order valence-electron chi connectivity index (χ3n) is 2.76. The molecule has 0 aliphatic heterocycles. The van der Waals surface area contributed by atoms with Gasteiger partial charge in [0, 0.05) is 14.2 Å². The van der Waals surface area contributed by atoms with Crippen LogP contribution in [0.4, 0.5) is 0 Å². The second-order valence-electron chi connectivity index (χ2n) is 4.09. The lowest BCUT2D eigenvalue weighted by Crippen LogP contribution is -2.19. The molecule has 1 aromatic heterocycles. The van der Waals surface area contributed by atoms with E-state index in [0.29, 0.717) is 0 Å². The van der Waals surface area contributed by atoms with Crippen molar-refractivity contribution >= 4 is 45.5 Å². The van der Waals surface area contributed by atoms with Crippen LogP contribution >= 0.6 is 45.5 Å². The van der Waals surface area contributed by atoms with E-state index in [1.54, 1.807) is 11.3 Å². The molecule has 102 valence electrons. The zero-order valence-electron chi connectivity index (χ0n) is 10.8. The van der Waals surface area contributed by atoms with Crippen LogP contribution in [0.1, 0.15) is 31.3 Å². The van der Waals surface area contributed by atoms with E-state index in [2.05, 4.69) is 52.0 Å². The molecular weight excluding hydrogens is 393 g/mol. The van der Waals surface area contributed by atoms with Crippen molar-refractivity contribution in [3.8, 4) is 10.6 Å². The molecule has 2 aromatic rings. The number of benzene rings is 1. The van der Waals surface area contributed by atoms with E-state index in [1.165, 1.54) is 0 Å². The number of nitrogens with one attached hydrogen (secondary N) is 1. The fourth-order valence-electron chi connectivity index (χ4n) is 1.80. The van der Waals surface area contributed by atoms with Crippen molar-refractivity contribution in [3.05, 3.63) is 31.8 Å². The lowest BCUT2D eigenvalue weighted by molar-refractivity contribution is 0.531. The predicted molar refractivity (Wildman–Crippen MR) is 89.8 cm³/mol. The number of halogens is 2. The number of rotatable bonds is 5. The zero-order valence-corrected chi connectivity index (χ0v) is 14.5. The summed E-state index contributed by atoms with van der Waals surface area (Å²) in [6.45, 7) is 5.18. The first-order valence-electron chi connectivity index (χ1n) is 6.17. The second kappa shape index (κ2) is 6.97. The van der Waals surface area contributed by atoms with E-state index in [-0.39, 0.29) is 6.04 Å². The van der Waals surface area contributed by atoms with Gasteiger partial charge in [-0.25, -0.2) is 0 Å². The number of nitrogens with zero attached hydrogens (tertiary/aromatic N) is 2. The van der Waals surface area contributed by atoms with Gasteiger partial charge >= 0.3 is 0 Å². The summed E-state index contributed by atoms with van der Waals surface area (Å²) in [5, 5.41) is 14.7. The first kappa shape index (κ1) is 15.2. The van der Waals surface area contributed by atoms with Gasteiger partial charge in [-0.1, -0.05) is 36.8 Å². The summed E-state index contributed by atoms with van der Waals surface area (Å²) < 4.78 is 1.14. The number of hydrogen-bond donors (Lipinski definition) is 1. The van der Waals surface area contributed by atoms with Crippen LogP contribution in [-0.4, -0.2) is 16.7 Å². The normalized spacial score (nSPS) is 12.6. The Bertz CT molecular complexity index is 559. The molecule has 0 saturated heterocycles. The summed E-state index contributed by atoms with van der Waals surface area (Å²) in [7, 11) is 0.